The quantitative estimate of drug-likeness (QED) is 0.762. The van der Waals surface area contributed by atoms with E-state index >= 15 is 0 Å². The van der Waals surface area contributed by atoms with Crippen LogP contribution in [0.5, 0.6) is 0 Å². The molecule has 1 amide bonds. The van der Waals surface area contributed by atoms with Crippen molar-refractivity contribution in [3.63, 3.8) is 0 Å². The fraction of sp³-hybridized carbons (Fsp3) is 0.667. The largest absolute Gasteiger partial charge is 0.494 e. The van der Waals surface area contributed by atoms with Crippen molar-refractivity contribution in [3.05, 3.63) is 29.8 Å². The van der Waals surface area contributed by atoms with E-state index in [0.717, 1.165) is 37.9 Å². The summed E-state index contributed by atoms with van der Waals surface area (Å²) in [5.74, 6) is 0.675. The van der Waals surface area contributed by atoms with Crippen LogP contribution in [0.3, 0.4) is 0 Å². The maximum atomic E-state index is 12.8. The molecule has 2 fully saturated rings. The average Bonchev–Trinajstić information content (AvgIpc) is 2.84. The summed E-state index contributed by atoms with van der Waals surface area (Å²) < 4.78 is 12.2. The Hall–Kier alpha value is -1.37. The minimum atomic E-state index is -0.392. The number of hydrogen-bond donors (Lipinski definition) is 0. The zero-order chi connectivity index (χ0) is 19.8. The van der Waals surface area contributed by atoms with Crippen LogP contribution in [0, 0.1) is 5.92 Å². The van der Waals surface area contributed by atoms with Crippen LogP contribution in [0.15, 0.2) is 24.3 Å². The van der Waals surface area contributed by atoms with Gasteiger partial charge in [0, 0.05) is 19.2 Å². The van der Waals surface area contributed by atoms with Gasteiger partial charge in [0.15, 0.2) is 0 Å². The van der Waals surface area contributed by atoms with Crippen LogP contribution in [-0.2, 0) is 9.31 Å². The maximum absolute atomic E-state index is 12.8. The zero-order valence-corrected chi connectivity index (χ0v) is 17.6. The van der Waals surface area contributed by atoms with E-state index in [1.807, 2.05) is 63.9 Å². The first kappa shape index (κ1) is 20.4. The Kier molecular flexibility index (Phi) is 5.71. The Bertz CT molecular complexity index is 651. The van der Waals surface area contributed by atoms with Crippen molar-refractivity contribution in [3.8, 4) is 0 Å². The van der Waals surface area contributed by atoms with Crippen molar-refractivity contribution < 1.29 is 14.1 Å². The van der Waals surface area contributed by atoms with Gasteiger partial charge in [-0.2, -0.15) is 0 Å². The van der Waals surface area contributed by atoms with Gasteiger partial charge in [-0.1, -0.05) is 12.1 Å². The van der Waals surface area contributed by atoms with Gasteiger partial charge < -0.3 is 19.1 Å². The van der Waals surface area contributed by atoms with Gasteiger partial charge in [0.1, 0.15) is 0 Å². The molecule has 2 aliphatic heterocycles. The molecular formula is C21H33BN2O3. The Morgan fingerprint density at radius 3 is 2.15 bits per heavy atom. The molecule has 5 nitrogen and oxygen atoms in total. The molecule has 2 aliphatic rings. The molecule has 1 aromatic carbocycles. The molecule has 6 heteroatoms. The topological polar surface area (TPSA) is 42.0 Å². The molecule has 3 rings (SSSR count). The van der Waals surface area contributed by atoms with Crippen molar-refractivity contribution in [2.24, 2.45) is 5.92 Å². The molecule has 1 aromatic rings. The summed E-state index contributed by atoms with van der Waals surface area (Å²) in [6.07, 6.45) is 2.32. The maximum Gasteiger partial charge on any atom is 0.494 e. The van der Waals surface area contributed by atoms with Crippen LogP contribution in [0.4, 0.5) is 0 Å². The van der Waals surface area contributed by atoms with E-state index in [0.29, 0.717) is 11.5 Å². The molecule has 148 valence electrons. The minimum absolute atomic E-state index is 0.0781. The summed E-state index contributed by atoms with van der Waals surface area (Å²) in [7, 11) is 3.67. The Labute approximate surface area is 164 Å². The number of nitrogens with zero attached hydrogens (tertiary/aromatic N) is 2. The van der Waals surface area contributed by atoms with Crippen molar-refractivity contribution in [1.29, 1.82) is 0 Å². The molecule has 0 saturated carbocycles. The van der Waals surface area contributed by atoms with Crippen molar-refractivity contribution >= 4 is 18.5 Å². The van der Waals surface area contributed by atoms with E-state index in [9.17, 15) is 4.79 Å². The van der Waals surface area contributed by atoms with Crippen LogP contribution < -0.4 is 5.46 Å². The first-order chi connectivity index (χ1) is 12.6. The molecule has 0 aromatic heterocycles. The molecule has 0 spiro atoms. The Morgan fingerprint density at radius 2 is 1.63 bits per heavy atom. The molecule has 0 unspecified atom stereocenters. The van der Waals surface area contributed by atoms with Crippen LogP contribution in [0.2, 0.25) is 0 Å². The molecule has 0 radical (unpaired) electrons. The lowest BCUT2D eigenvalue weighted by Gasteiger charge is -2.32. The third-order valence-electron chi connectivity index (χ3n) is 6.40. The van der Waals surface area contributed by atoms with Crippen LogP contribution in [-0.4, -0.2) is 67.8 Å². The first-order valence-electron chi connectivity index (χ1n) is 9.99. The van der Waals surface area contributed by atoms with Gasteiger partial charge in [-0.3, -0.25) is 4.79 Å². The van der Waals surface area contributed by atoms with E-state index in [1.165, 1.54) is 0 Å². The highest BCUT2D eigenvalue weighted by Crippen LogP contribution is 2.36. The van der Waals surface area contributed by atoms with E-state index < -0.39 is 7.12 Å². The van der Waals surface area contributed by atoms with Crippen LogP contribution in [0.25, 0.3) is 0 Å². The fourth-order valence-electron chi connectivity index (χ4n) is 3.70. The van der Waals surface area contributed by atoms with Crippen LogP contribution in [0.1, 0.15) is 50.9 Å². The third-order valence-corrected chi connectivity index (χ3v) is 6.40. The summed E-state index contributed by atoms with van der Waals surface area (Å²) in [5, 5.41) is 0. The SMILES string of the molecule is CN1CCC(CN(C)C(=O)c2ccc(B3OC(C)(C)C(C)(C)O3)cc2)CC1. The fourth-order valence-corrected chi connectivity index (χ4v) is 3.70. The number of rotatable bonds is 4. The Morgan fingerprint density at radius 1 is 1.11 bits per heavy atom. The minimum Gasteiger partial charge on any atom is -0.399 e. The van der Waals surface area contributed by atoms with Gasteiger partial charge in [0.05, 0.1) is 11.2 Å². The summed E-state index contributed by atoms with van der Waals surface area (Å²) in [5.41, 5.74) is 0.940. The van der Waals surface area contributed by atoms with E-state index in [1.54, 1.807) is 0 Å². The molecule has 0 atom stereocenters. The van der Waals surface area contributed by atoms with Gasteiger partial charge in [-0.25, -0.2) is 0 Å². The number of benzene rings is 1. The summed E-state index contributed by atoms with van der Waals surface area (Å²) in [6.45, 7) is 11.2. The molecule has 2 saturated heterocycles. The van der Waals surface area contributed by atoms with E-state index in [-0.39, 0.29) is 17.1 Å². The second-order valence-corrected chi connectivity index (χ2v) is 9.14. The molecule has 27 heavy (non-hydrogen) atoms. The lowest BCUT2D eigenvalue weighted by Crippen LogP contribution is -2.41. The molecule has 0 N–H and O–H groups in total. The van der Waals surface area contributed by atoms with Gasteiger partial charge in [-0.15, -0.1) is 0 Å². The smallest absolute Gasteiger partial charge is 0.399 e. The number of carbonyl (C=O) groups is 1. The highest BCUT2D eigenvalue weighted by molar-refractivity contribution is 6.62. The van der Waals surface area contributed by atoms with Crippen LogP contribution >= 0.6 is 0 Å². The molecule has 0 aliphatic carbocycles. The summed E-state index contributed by atoms with van der Waals surface area (Å²) in [4.78, 5) is 17.0. The standard InChI is InChI=1S/C21H33BN2O3/c1-20(2)21(3,4)27-22(26-20)18-9-7-17(8-10-18)19(25)24(6)15-16-11-13-23(5)14-12-16/h7-10,16H,11-15H2,1-6H3. The van der Waals surface area contributed by atoms with Gasteiger partial charge in [0.2, 0.25) is 0 Å². The number of carbonyl (C=O) groups excluding carboxylic acids is 1. The van der Waals surface area contributed by atoms with Crippen molar-refractivity contribution in [2.45, 2.75) is 51.7 Å². The molecule has 2 heterocycles. The normalized spacial score (nSPS) is 22.8. The van der Waals surface area contributed by atoms with Crippen molar-refractivity contribution in [1.82, 2.24) is 9.80 Å². The van der Waals surface area contributed by atoms with Gasteiger partial charge in [0.25, 0.3) is 5.91 Å². The monoisotopic (exact) mass is 372 g/mol. The number of amides is 1. The number of likely N-dealkylation sites (tertiary alicyclic amines) is 1. The Balaban J connectivity index is 1.61. The highest BCUT2D eigenvalue weighted by Gasteiger charge is 2.51. The second kappa shape index (κ2) is 7.57. The molecular weight excluding hydrogens is 339 g/mol. The predicted molar refractivity (Wildman–Crippen MR) is 109 cm³/mol. The number of piperidine rings is 1. The average molecular weight is 372 g/mol. The zero-order valence-electron chi connectivity index (χ0n) is 17.6. The first-order valence-corrected chi connectivity index (χ1v) is 9.99. The van der Waals surface area contributed by atoms with Crippen molar-refractivity contribution in [2.75, 3.05) is 33.7 Å². The number of hydrogen-bond acceptors (Lipinski definition) is 4. The van der Waals surface area contributed by atoms with E-state index in [2.05, 4.69) is 11.9 Å². The highest BCUT2D eigenvalue weighted by atomic mass is 16.7. The summed E-state index contributed by atoms with van der Waals surface area (Å²) >= 11 is 0. The van der Waals surface area contributed by atoms with Gasteiger partial charge >= 0.3 is 7.12 Å². The molecule has 0 bridgehead atoms. The summed E-state index contributed by atoms with van der Waals surface area (Å²) in [6, 6.07) is 7.65. The predicted octanol–water partition coefficient (Wildman–Crippen LogP) is 2.40. The third kappa shape index (κ3) is 4.39. The second-order valence-electron chi connectivity index (χ2n) is 9.14. The lowest BCUT2D eigenvalue weighted by molar-refractivity contribution is 0.00578. The van der Waals surface area contributed by atoms with E-state index in [4.69, 9.17) is 9.31 Å². The lowest BCUT2D eigenvalue weighted by atomic mass is 9.79. The van der Waals surface area contributed by atoms with Gasteiger partial charge in [-0.05, 0) is 84.2 Å².